The highest BCUT2D eigenvalue weighted by atomic mass is 16.6. The van der Waals surface area contributed by atoms with Gasteiger partial charge in [0.2, 0.25) is 5.91 Å². The van der Waals surface area contributed by atoms with E-state index >= 15 is 0 Å². The standard InChI is InChI=1S/C16H25N3O3/c1-16(2,3)22-15(21)18-10-9-13(17)14(20)19-11-12-7-5-4-6-8-12/h4-8,13H,9-11,17H2,1-3H3,(H,18,21)(H,19,20). The first-order valence-electron chi connectivity index (χ1n) is 7.32. The molecule has 0 heterocycles. The minimum atomic E-state index is -0.668. The maximum Gasteiger partial charge on any atom is 0.407 e. The number of nitrogens with two attached hydrogens (primary N) is 1. The highest BCUT2D eigenvalue weighted by molar-refractivity contribution is 5.81. The molecule has 6 heteroatoms. The fourth-order valence-corrected chi connectivity index (χ4v) is 1.69. The maximum atomic E-state index is 11.8. The number of benzene rings is 1. The van der Waals surface area contributed by atoms with Crippen LogP contribution in [0.2, 0.25) is 0 Å². The third-order valence-electron chi connectivity index (χ3n) is 2.77. The maximum absolute atomic E-state index is 11.8. The van der Waals surface area contributed by atoms with Crippen molar-refractivity contribution < 1.29 is 14.3 Å². The summed E-state index contributed by atoms with van der Waals surface area (Å²) in [7, 11) is 0. The van der Waals surface area contributed by atoms with Crippen molar-refractivity contribution in [3.05, 3.63) is 35.9 Å². The van der Waals surface area contributed by atoms with Crippen LogP contribution in [0.4, 0.5) is 4.79 Å². The van der Waals surface area contributed by atoms with Gasteiger partial charge in [-0.15, -0.1) is 0 Å². The van der Waals surface area contributed by atoms with Gasteiger partial charge in [0.05, 0.1) is 6.04 Å². The van der Waals surface area contributed by atoms with E-state index in [2.05, 4.69) is 10.6 Å². The van der Waals surface area contributed by atoms with Crippen molar-refractivity contribution in [2.45, 2.75) is 45.4 Å². The number of amides is 2. The van der Waals surface area contributed by atoms with E-state index < -0.39 is 17.7 Å². The zero-order chi connectivity index (χ0) is 16.6. The minimum Gasteiger partial charge on any atom is -0.444 e. The van der Waals surface area contributed by atoms with Gasteiger partial charge in [0.1, 0.15) is 5.60 Å². The van der Waals surface area contributed by atoms with E-state index in [1.54, 1.807) is 20.8 Å². The number of hydrogen-bond acceptors (Lipinski definition) is 4. The van der Waals surface area contributed by atoms with Crippen molar-refractivity contribution in [3.8, 4) is 0 Å². The molecule has 0 radical (unpaired) electrons. The van der Waals surface area contributed by atoms with E-state index in [0.717, 1.165) is 5.56 Å². The van der Waals surface area contributed by atoms with Crippen LogP contribution in [0.3, 0.4) is 0 Å². The molecule has 0 aromatic heterocycles. The lowest BCUT2D eigenvalue weighted by molar-refractivity contribution is -0.122. The average Bonchev–Trinajstić information content (AvgIpc) is 2.43. The van der Waals surface area contributed by atoms with E-state index in [4.69, 9.17) is 10.5 Å². The Bertz CT molecular complexity index is 483. The van der Waals surface area contributed by atoms with Crippen LogP contribution in [0.5, 0.6) is 0 Å². The summed E-state index contributed by atoms with van der Waals surface area (Å²) in [5, 5.41) is 5.34. The minimum absolute atomic E-state index is 0.241. The van der Waals surface area contributed by atoms with E-state index in [-0.39, 0.29) is 12.5 Å². The van der Waals surface area contributed by atoms with Gasteiger partial charge in [0, 0.05) is 13.1 Å². The Morgan fingerprint density at radius 1 is 1.18 bits per heavy atom. The monoisotopic (exact) mass is 307 g/mol. The quantitative estimate of drug-likeness (QED) is 0.743. The average molecular weight is 307 g/mol. The summed E-state index contributed by atoms with van der Waals surface area (Å²) in [6.07, 6.45) is -0.163. The molecule has 1 aromatic carbocycles. The summed E-state index contributed by atoms with van der Waals surface area (Å²) in [6.45, 7) is 6.09. The number of alkyl carbamates (subject to hydrolysis) is 1. The third kappa shape index (κ3) is 7.64. The molecular formula is C16H25N3O3. The third-order valence-corrected chi connectivity index (χ3v) is 2.77. The number of rotatable bonds is 6. The smallest absolute Gasteiger partial charge is 0.407 e. The van der Waals surface area contributed by atoms with Gasteiger partial charge in [-0.2, -0.15) is 0 Å². The van der Waals surface area contributed by atoms with Crippen LogP contribution in [-0.4, -0.2) is 30.2 Å². The number of ether oxygens (including phenoxy) is 1. The first kappa shape index (κ1) is 18.0. The number of hydrogen-bond donors (Lipinski definition) is 3. The fourth-order valence-electron chi connectivity index (χ4n) is 1.69. The second-order valence-electron chi connectivity index (χ2n) is 6.03. The zero-order valence-corrected chi connectivity index (χ0v) is 13.4. The van der Waals surface area contributed by atoms with Crippen molar-refractivity contribution in [1.29, 1.82) is 0 Å². The highest BCUT2D eigenvalue weighted by Gasteiger charge is 2.17. The van der Waals surface area contributed by atoms with Gasteiger partial charge >= 0.3 is 6.09 Å². The molecule has 1 atom stereocenters. The number of nitrogens with one attached hydrogen (secondary N) is 2. The molecule has 0 spiro atoms. The molecule has 122 valence electrons. The Labute approximate surface area is 131 Å². The molecule has 2 amide bonds. The molecule has 4 N–H and O–H groups in total. The van der Waals surface area contributed by atoms with Crippen LogP contribution < -0.4 is 16.4 Å². The first-order chi connectivity index (χ1) is 10.3. The van der Waals surface area contributed by atoms with Gasteiger partial charge in [0.25, 0.3) is 0 Å². The Kier molecular flexibility index (Phi) is 6.85. The first-order valence-corrected chi connectivity index (χ1v) is 7.32. The molecule has 0 fully saturated rings. The molecule has 1 aromatic rings. The Morgan fingerprint density at radius 3 is 2.41 bits per heavy atom. The molecule has 6 nitrogen and oxygen atoms in total. The Hall–Kier alpha value is -2.08. The summed E-state index contributed by atoms with van der Waals surface area (Å²) in [5.74, 6) is -0.241. The van der Waals surface area contributed by atoms with Crippen molar-refractivity contribution in [2.24, 2.45) is 5.73 Å². The summed E-state index contributed by atoms with van der Waals surface area (Å²) in [4.78, 5) is 23.3. The highest BCUT2D eigenvalue weighted by Crippen LogP contribution is 2.06. The second kappa shape index (κ2) is 8.38. The van der Waals surface area contributed by atoms with Crippen molar-refractivity contribution in [3.63, 3.8) is 0 Å². The SMILES string of the molecule is CC(C)(C)OC(=O)NCCC(N)C(=O)NCc1ccccc1. The van der Waals surface area contributed by atoms with Gasteiger partial charge in [-0.1, -0.05) is 30.3 Å². The predicted molar refractivity (Wildman–Crippen MR) is 85.1 cm³/mol. The fraction of sp³-hybridized carbons (Fsp3) is 0.500. The number of carbonyl (C=O) groups is 2. The van der Waals surface area contributed by atoms with Crippen molar-refractivity contribution in [1.82, 2.24) is 10.6 Å². The van der Waals surface area contributed by atoms with Crippen LogP contribution >= 0.6 is 0 Å². The molecule has 1 unspecified atom stereocenters. The van der Waals surface area contributed by atoms with Crippen LogP contribution in [0, 0.1) is 0 Å². The van der Waals surface area contributed by atoms with E-state index in [1.165, 1.54) is 0 Å². The van der Waals surface area contributed by atoms with Gasteiger partial charge in [0.15, 0.2) is 0 Å². The molecule has 0 aliphatic rings. The van der Waals surface area contributed by atoms with Crippen LogP contribution in [0.1, 0.15) is 32.8 Å². The molecule has 1 rings (SSSR count). The molecule has 0 saturated carbocycles. The number of carbonyl (C=O) groups excluding carboxylic acids is 2. The second-order valence-corrected chi connectivity index (χ2v) is 6.03. The molecule has 0 saturated heterocycles. The summed E-state index contributed by atoms with van der Waals surface area (Å²) in [5.41, 5.74) is 6.26. The van der Waals surface area contributed by atoms with Crippen LogP contribution in [0.25, 0.3) is 0 Å². The molecule has 22 heavy (non-hydrogen) atoms. The lowest BCUT2D eigenvalue weighted by atomic mass is 10.2. The van der Waals surface area contributed by atoms with E-state index in [1.807, 2.05) is 30.3 Å². The van der Waals surface area contributed by atoms with Crippen LogP contribution in [0.15, 0.2) is 30.3 Å². The van der Waals surface area contributed by atoms with Gasteiger partial charge < -0.3 is 21.1 Å². The van der Waals surface area contributed by atoms with Gasteiger partial charge in [-0.25, -0.2) is 4.79 Å². The molecular weight excluding hydrogens is 282 g/mol. The normalized spacial score (nSPS) is 12.4. The largest absolute Gasteiger partial charge is 0.444 e. The molecule has 0 aliphatic carbocycles. The van der Waals surface area contributed by atoms with Crippen molar-refractivity contribution >= 4 is 12.0 Å². The van der Waals surface area contributed by atoms with Crippen molar-refractivity contribution in [2.75, 3.05) is 6.54 Å². The Morgan fingerprint density at radius 2 is 1.82 bits per heavy atom. The molecule has 0 aliphatic heterocycles. The van der Waals surface area contributed by atoms with Gasteiger partial charge in [-0.3, -0.25) is 4.79 Å². The summed E-state index contributed by atoms with van der Waals surface area (Å²) in [6, 6.07) is 8.92. The Balaban J connectivity index is 2.23. The lowest BCUT2D eigenvalue weighted by Gasteiger charge is -2.20. The zero-order valence-electron chi connectivity index (χ0n) is 13.4. The predicted octanol–water partition coefficient (Wildman–Crippen LogP) is 1.54. The molecule has 0 bridgehead atoms. The topological polar surface area (TPSA) is 93.4 Å². The van der Waals surface area contributed by atoms with E-state index in [0.29, 0.717) is 13.0 Å². The van der Waals surface area contributed by atoms with Gasteiger partial charge in [-0.05, 0) is 32.8 Å². The van der Waals surface area contributed by atoms with E-state index in [9.17, 15) is 9.59 Å². The lowest BCUT2D eigenvalue weighted by Crippen LogP contribution is -2.43. The summed E-state index contributed by atoms with van der Waals surface area (Å²) < 4.78 is 5.09. The van der Waals surface area contributed by atoms with Crippen LogP contribution in [-0.2, 0) is 16.1 Å². The summed E-state index contributed by atoms with van der Waals surface area (Å²) >= 11 is 0.